The van der Waals surface area contributed by atoms with E-state index in [1.807, 2.05) is 23.1 Å². The summed E-state index contributed by atoms with van der Waals surface area (Å²) in [6, 6.07) is 6.54. The smallest absolute Gasteiger partial charge is 0.416 e. The monoisotopic (exact) mass is 607 g/mol. The van der Waals surface area contributed by atoms with E-state index in [2.05, 4.69) is 15.3 Å². The molecule has 1 aromatic carbocycles. The number of fused-ring (bicyclic) bond motifs is 2. The van der Waals surface area contributed by atoms with Gasteiger partial charge in [-0.3, -0.25) is 14.0 Å². The molecule has 6 rings (SSSR count). The molecule has 2 amide bonds. The Morgan fingerprint density at radius 2 is 1.95 bits per heavy atom. The van der Waals surface area contributed by atoms with Crippen LogP contribution in [0, 0.1) is 5.41 Å². The number of amides is 2. The predicted octanol–water partition coefficient (Wildman–Crippen LogP) is 5.55. The molecule has 4 aromatic rings. The van der Waals surface area contributed by atoms with Crippen LogP contribution in [-0.4, -0.2) is 55.3 Å². The standard InChI is InChI=1S/C31H32F3N7O3/c1-4-44-22-13-17(28(42)38-23-14-19(9-10-36-23)31(32,33)34)6-8-21(22)24-25-26(35)37-11-12-40(25)27(39-24)18-5-7-20-15-30(2,3)29(43)41(20)16-18/h6,8-14,18,20H,4-5,7,15-16H2,1-3H3,(H2,35,37)(H,36,38,42). The van der Waals surface area contributed by atoms with E-state index >= 15 is 0 Å². The van der Waals surface area contributed by atoms with Gasteiger partial charge in [0.05, 0.1) is 12.2 Å². The van der Waals surface area contributed by atoms with E-state index in [1.54, 1.807) is 25.4 Å². The third-order valence-electron chi connectivity index (χ3n) is 8.40. The maximum atomic E-state index is 13.1. The summed E-state index contributed by atoms with van der Waals surface area (Å²) in [5.41, 5.74) is 6.88. The molecular weight excluding hydrogens is 575 g/mol. The summed E-state index contributed by atoms with van der Waals surface area (Å²) in [6.07, 6.45) is 2.38. The second kappa shape index (κ2) is 10.8. The van der Waals surface area contributed by atoms with Crippen LogP contribution < -0.4 is 15.8 Å². The highest BCUT2D eigenvalue weighted by Crippen LogP contribution is 2.44. The van der Waals surface area contributed by atoms with Crippen molar-refractivity contribution in [1.29, 1.82) is 0 Å². The molecule has 44 heavy (non-hydrogen) atoms. The van der Waals surface area contributed by atoms with Crippen molar-refractivity contribution in [3.05, 3.63) is 65.9 Å². The van der Waals surface area contributed by atoms with Crippen molar-refractivity contribution in [2.24, 2.45) is 5.41 Å². The Morgan fingerprint density at radius 1 is 1.16 bits per heavy atom. The van der Waals surface area contributed by atoms with Crippen LogP contribution in [-0.2, 0) is 11.0 Å². The number of rotatable bonds is 6. The molecule has 2 saturated heterocycles. The number of hydrogen-bond donors (Lipinski definition) is 2. The molecule has 0 aliphatic carbocycles. The highest BCUT2D eigenvalue weighted by molar-refractivity contribution is 6.04. The molecule has 0 bridgehead atoms. The van der Waals surface area contributed by atoms with Gasteiger partial charge in [0.1, 0.15) is 34.4 Å². The lowest BCUT2D eigenvalue weighted by atomic mass is 9.87. The van der Waals surface area contributed by atoms with Gasteiger partial charge in [-0.25, -0.2) is 15.0 Å². The molecule has 5 heterocycles. The van der Waals surface area contributed by atoms with Gasteiger partial charge in [0.25, 0.3) is 5.91 Å². The van der Waals surface area contributed by atoms with Crippen LogP contribution in [0.2, 0.25) is 0 Å². The number of alkyl halides is 3. The Hall–Kier alpha value is -4.68. The normalized spacial score (nSPS) is 19.7. The number of nitrogens with zero attached hydrogens (tertiary/aromatic N) is 5. The van der Waals surface area contributed by atoms with Crippen molar-refractivity contribution in [1.82, 2.24) is 24.3 Å². The van der Waals surface area contributed by atoms with Crippen molar-refractivity contribution in [3.63, 3.8) is 0 Å². The number of hydrogen-bond acceptors (Lipinski definition) is 7. The average molecular weight is 608 g/mol. The lowest BCUT2D eigenvalue weighted by Crippen LogP contribution is -2.42. The SMILES string of the molecule is CCOc1cc(C(=O)Nc2cc(C(F)(F)F)ccn2)ccc1-c1nc(C2CCC3CC(C)(C)C(=O)N3C2)n2ccnc(N)c12. The minimum atomic E-state index is -4.57. The fourth-order valence-electron chi connectivity index (χ4n) is 6.32. The number of nitrogens with one attached hydrogen (secondary N) is 1. The van der Waals surface area contributed by atoms with E-state index in [0.29, 0.717) is 29.1 Å². The van der Waals surface area contributed by atoms with E-state index in [-0.39, 0.29) is 47.1 Å². The number of aromatic nitrogens is 4. The van der Waals surface area contributed by atoms with Crippen LogP contribution in [0.1, 0.15) is 67.7 Å². The third-order valence-corrected chi connectivity index (χ3v) is 8.40. The van der Waals surface area contributed by atoms with Gasteiger partial charge in [-0.1, -0.05) is 13.8 Å². The summed E-state index contributed by atoms with van der Waals surface area (Å²) in [4.78, 5) is 41.3. The molecule has 0 spiro atoms. The van der Waals surface area contributed by atoms with Gasteiger partial charge in [0.2, 0.25) is 5.91 Å². The van der Waals surface area contributed by atoms with Gasteiger partial charge in [-0.15, -0.1) is 0 Å². The number of imidazole rings is 1. The third kappa shape index (κ3) is 5.20. The maximum Gasteiger partial charge on any atom is 0.416 e. The molecule has 0 saturated carbocycles. The fraction of sp³-hybridized carbons (Fsp3) is 0.387. The van der Waals surface area contributed by atoms with Gasteiger partial charge in [-0.2, -0.15) is 13.2 Å². The number of anilines is 2. The summed E-state index contributed by atoms with van der Waals surface area (Å²) in [5.74, 6) is 0.580. The summed E-state index contributed by atoms with van der Waals surface area (Å²) in [5, 5.41) is 2.43. The first-order valence-corrected chi connectivity index (χ1v) is 14.4. The molecule has 2 fully saturated rings. The van der Waals surface area contributed by atoms with E-state index < -0.39 is 17.6 Å². The number of carbonyl (C=O) groups is 2. The molecule has 2 unspecified atom stereocenters. The Labute approximate surface area is 251 Å². The van der Waals surface area contributed by atoms with Gasteiger partial charge < -0.3 is 20.7 Å². The van der Waals surface area contributed by atoms with E-state index in [1.165, 1.54) is 12.1 Å². The minimum absolute atomic E-state index is 0.0345. The number of piperidine rings is 1. The highest BCUT2D eigenvalue weighted by Gasteiger charge is 2.48. The molecule has 13 heteroatoms. The molecule has 10 nitrogen and oxygen atoms in total. The van der Waals surface area contributed by atoms with Crippen molar-refractivity contribution in [2.45, 2.75) is 58.2 Å². The number of carbonyl (C=O) groups excluding carboxylic acids is 2. The van der Waals surface area contributed by atoms with Crippen molar-refractivity contribution < 1.29 is 27.5 Å². The van der Waals surface area contributed by atoms with Gasteiger partial charge in [0.15, 0.2) is 0 Å². The highest BCUT2D eigenvalue weighted by atomic mass is 19.4. The van der Waals surface area contributed by atoms with E-state index in [0.717, 1.165) is 43.4 Å². The summed E-state index contributed by atoms with van der Waals surface area (Å²) in [6.45, 7) is 6.61. The summed E-state index contributed by atoms with van der Waals surface area (Å²) in [7, 11) is 0. The molecule has 2 atom stereocenters. The Morgan fingerprint density at radius 3 is 2.70 bits per heavy atom. The van der Waals surface area contributed by atoms with Gasteiger partial charge in [-0.05, 0) is 56.5 Å². The first-order chi connectivity index (χ1) is 20.9. The average Bonchev–Trinajstić information content (AvgIpc) is 3.47. The summed E-state index contributed by atoms with van der Waals surface area (Å²) >= 11 is 0. The number of nitrogens with two attached hydrogens (primary N) is 1. The largest absolute Gasteiger partial charge is 0.493 e. The molecule has 0 radical (unpaired) electrons. The Bertz CT molecular complexity index is 1770. The number of pyridine rings is 1. The van der Waals surface area contributed by atoms with Gasteiger partial charge >= 0.3 is 6.18 Å². The maximum absolute atomic E-state index is 13.1. The molecule has 3 N–H and O–H groups in total. The first-order valence-electron chi connectivity index (χ1n) is 14.4. The zero-order chi connectivity index (χ0) is 31.4. The van der Waals surface area contributed by atoms with E-state index in [9.17, 15) is 22.8 Å². The fourth-order valence-corrected chi connectivity index (χ4v) is 6.32. The molecule has 2 aliphatic heterocycles. The van der Waals surface area contributed by atoms with Crippen LogP contribution in [0.3, 0.4) is 0 Å². The minimum Gasteiger partial charge on any atom is -0.493 e. The predicted molar refractivity (Wildman–Crippen MR) is 157 cm³/mol. The van der Waals surface area contributed by atoms with Crippen molar-refractivity contribution >= 4 is 29.0 Å². The number of halogens is 3. The quantitative estimate of drug-likeness (QED) is 0.294. The van der Waals surface area contributed by atoms with Crippen LogP contribution >= 0.6 is 0 Å². The summed E-state index contributed by atoms with van der Waals surface area (Å²) < 4.78 is 47.3. The Balaban J connectivity index is 1.35. The number of ether oxygens (including phenoxy) is 1. The first kappa shape index (κ1) is 29.4. The topological polar surface area (TPSA) is 128 Å². The number of nitrogen functional groups attached to an aromatic ring is 1. The molecule has 230 valence electrons. The van der Waals surface area contributed by atoms with Crippen LogP contribution in [0.25, 0.3) is 16.8 Å². The van der Waals surface area contributed by atoms with Crippen molar-refractivity contribution in [3.8, 4) is 17.0 Å². The van der Waals surface area contributed by atoms with Crippen molar-refractivity contribution in [2.75, 3.05) is 24.2 Å². The number of benzene rings is 1. The second-order valence-electron chi connectivity index (χ2n) is 11.8. The van der Waals surface area contributed by atoms with Crippen LogP contribution in [0.4, 0.5) is 24.8 Å². The Kier molecular flexibility index (Phi) is 7.21. The molecule has 3 aromatic heterocycles. The zero-order valence-electron chi connectivity index (χ0n) is 24.5. The zero-order valence-corrected chi connectivity index (χ0v) is 24.5. The van der Waals surface area contributed by atoms with Crippen LogP contribution in [0.5, 0.6) is 5.75 Å². The van der Waals surface area contributed by atoms with Crippen LogP contribution in [0.15, 0.2) is 48.9 Å². The molecular formula is C31H32F3N7O3. The molecule has 2 aliphatic rings. The van der Waals surface area contributed by atoms with Gasteiger partial charge in [0, 0.05) is 53.6 Å². The second-order valence-corrected chi connectivity index (χ2v) is 11.8. The van der Waals surface area contributed by atoms with E-state index in [4.69, 9.17) is 15.5 Å². The lowest BCUT2D eigenvalue weighted by Gasteiger charge is -2.34. The lowest BCUT2D eigenvalue weighted by molar-refractivity contribution is -0.138.